The highest BCUT2D eigenvalue weighted by molar-refractivity contribution is 5.80. The molecule has 0 bridgehead atoms. The lowest BCUT2D eigenvalue weighted by Crippen LogP contribution is -2.37. The summed E-state index contributed by atoms with van der Waals surface area (Å²) in [5.74, 6) is 0.656. The maximum atomic E-state index is 11.9. The summed E-state index contributed by atoms with van der Waals surface area (Å²) in [6.07, 6.45) is 0.0556. The lowest BCUT2D eigenvalue weighted by molar-refractivity contribution is -0.127. The molecule has 118 valence electrons. The van der Waals surface area contributed by atoms with Gasteiger partial charge in [-0.1, -0.05) is 12.1 Å². The summed E-state index contributed by atoms with van der Waals surface area (Å²) < 4.78 is 15.8. The van der Waals surface area contributed by atoms with Gasteiger partial charge in [-0.25, -0.2) is 0 Å². The van der Waals surface area contributed by atoms with Gasteiger partial charge in [0.05, 0.1) is 13.7 Å². The van der Waals surface area contributed by atoms with Crippen LogP contribution in [0.25, 0.3) is 0 Å². The van der Waals surface area contributed by atoms with E-state index in [2.05, 4.69) is 5.32 Å². The van der Waals surface area contributed by atoms with Crippen molar-refractivity contribution in [2.45, 2.75) is 26.1 Å². The second kappa shape index (κ2) is 9.20. The van der Waals surface area contributed by atoms with Gasteiger partial charge < -0.3 is 24.6 Å². The van der Waals surface area contributed by atoms with Crippen LogP contribution >= 0.6 is 0 Å². The Hall–Kier alpha value is -1.79. The van der Waals surface area contributed by atoms with Crippen LogP contribution in [-0.2, 0) is 16.1 Å². The molecule has 0 aromatic heterocycles. The Bertz CT molecular complexity index is 427. The maximum absolute atomic E-state index is 11.9. The van der Waals surface area contributed by atoms with E-state index >= 15 is 0 Å². The predicted molar refractivity (Wildman–Crippen MR) is 78.5 cm³/mol. The molecule has 0 aliphatic rings. The molecule has 1 unspecified atom stereocenters. The van der Waals surface area contributed by atoms with Gasteiger partial charge in [-0.05, 0) is 19.4 Å². The number of carbonyl (C=O) groups excluding carboxylic acids is 1. The van der Waals surface area contributed by atoms with Gasteiger partial charge in [-0.3, -0.25) is 4.79 Å². The maximum Gasteiger partial charge on any atom is 0.260 e. The Labute approximate surface area is 125 Å². The van der Waals surface area contributed by atoms with Crippen LogP contribution in [0, 0.1) is 0 Å². The van der Waals surface area contributed by atoms with E-state index in [1.54, 1.807) is 32.2 Å². The minimum Gasteiger partial charge on any atom is -0.493 e. The van der Waals surface area contributed by atoms with Crippen LogP contribution in [0.1, 0.15) is 18.9 Å². The molecule has 0 saturated carbocycles. The van der Waals surface area contributed by atoms with E-state index in [9.17, 15) is 9.90 Å². The summed E-state index contributed by atoms with van der Waals surface area (Å²) in [6, 6.07) is 5.20. The molecule has 0 fully saturated rings. The van der Waals surface area contributed by atoms with Crippen LogP contribution in [0.2, 0.25) is 0 Å². The van der Waals surface area contributed by atoms with Crippen molar-refractivity contribution >= 4 is 5.91 Å². The third-order valence-corrected chi connectivity index (χ3v) is 2.94. The van der Waals surface area contributed by atoms with Crippen LogP contribution < -0.4 is 14.8 Å². The molecule has 6 nitrogen and oxygen atoms in total. The van der Waals surface area contributed by atoms with Crippen molar-refractivity contribution in [1.82, 2.24) is 5.32 Å². The number of hydrogen-bond acceptors (Lipinski definition) is 5. The zero-order chi connectivity index (χ0) is 15.7. The number of ether oxygens (including phenoxy) is 3. The zero-order valence-corrected chi connectivity index (χ0v) is 12.7. The van der Waals surface area contributed by atoms with Gasteiger partial charge in [0.15, 0.2) is 17.6 Å². The highest BCUT2D eigenvalue weighted by Crippen LogP contribution is 2.31. The zero-order valence-electron chi connectivity index (χ0n) is 12.7. The van der Waals surface area contributed by atoms with Gasteiger partial charge in [0.1, 0.15) is 0 Å². The second-order valence-corrected chi connectivity index (χ2v) is 4.50. The summed E-state index contributed by atoms with van der Waals surface area (Å²) in [5.41, 5.74) is 0.577. The number of methoxy groups -OCH3 is 2. The molecule has 1 rings (SSSR count). The van der Waals surface area contributed by atoms with Crippen molar-refractivity contribution in [3.05, 3.63) is 23.8 Å². The Morgan fingerprint density at radius 2 is 2.14 bits per heavy atom. The van der Waals surface area contributed by atoms with Crippen LogP contribution in [0.5, 0.6) is 11.5 Å². The molecule has 0 spiro atoms. The quantitative estimate of drug-likeness (QED) is 0.668. The number of aliphatic hydroxyl groups is 1. The summed E-state index contributed by atoms with van der Waals surface area (Å²) in [6.45, 7) is 2.59. The number of benzene rings is 1. The normalized spacial score (nSPS) is 11.8. The molecule has 0 saturated heterocycles. The average Bonchev–Trinajstić information content (AvgIpc) is 2.51. The van der Waals surface area contributed by atoms with E-state index in [4.69, 9.17) is 14.2 Å². The molecular formula is C15H23NO5. The minimum absolute atomic E-state index is 0.186. The van der Waals surface area contributed by atoms with E-state index in [0.717, 1.165) is 6.42 Å². The van der Waals surface area contributed by atoms with Gasteiger partial charge in [0.25, 0.3) is 5.91 Å². The summed E-state index contributed by atoms with van der Waals surface area (Å²) >= 11 is 0. The van der Waals surface area contributed by atoms with Crippen molar-refractivity contribution in [1.29, 1.82) is 0 Å². The monoisotopic (exact) mass is 297 g/mol. The van der Waals surface area contributed by atoms with E-state index in [-0.39, 0.29) is 12.5 Å². The standard InChI is InChI=1S/C15H23NO5/c1-11(15(18)16-8-5-9-19-2)21-14-12(10-17)6-4-7-13(14)20-3/h4,6-7,11,17H,5,8-10H2,1-3H3,(H,16,18). The number of nitrogens with one attached hydrogen (secondary N) is 1. The second-order valence-electron chi connectivity index (χ2n) is 4.50. The summed E-state index contributed by atoms with van der Waals surface area (Å²) in [7, 11) is 3.13. The fourth-order valence-corrected chi connectivity index (χ4v) is 1.78. The van der Waals surface area contributed by atoms with Crippen molar-refractivity contribution in [2.75, 3.05) is 27.4 Å². The largest absolute Gasteiger partial charge is 0.493 e. The van der Waals surface area contributed by atoms with E-state index < -0.39 is 6.10 Å². The third-order valence-electron chi connectivity index (χ3n) is 2.94. The first kappa shape index (κ1) is 17.3. The van der Waals surface area contributed by atoms with Crippen LogP contribution in [-0.4, -0.2) is 44.5 Å². The van der Waals surface area contributed by atoms with E-state index in [1.165, 1.54) is 7.11 Å². The van der Waals surface area contributed by atoms with Crippen molar-refractivity contribution in [2.24, 2.45) is 0 Å². The van der Waals surface area contributed by atoms with Crippen LogP contribution in [0.3, 0.4) is 0 Å². The SMILES string of the molecule is COCCCNC(=O)C(C)Oc1c(CO)cccc1OC. The van der Waals surface area contributed by atoms with E-state index in [1.807, 2.05) is 0 Å². The average molecular weight is 297 g/mol. The Morgan fingerprint density at radius 1 is 1.38 bits per heavy atom. The molecule has 2 N–H and O–H groups in total. The van der Waals surface area contributed by atoms with Gasteiger partial charge >= 0.3 is 0 Å². The van der Waals surface area contributed by atoms with Gasteiger partial charge in [-0.2, -0.15) is 0 Å². The minimum atomic E-state index is -0.686. The number of rotatable bonds is 9. The van der Waals surface area contributed by atoms with E-state index in [0.29, 0.717) is 30.2 Å². The number of amides is 1. The first-order chi connectivity index (χ1) is 10.1. The molecule has 21 heavy (non-hydrogen) atoms. The van der Waals surface area contributed by atoms with Crippen molar-refractivity contribution < 1.29 is 24.1 Å². The number of para-hydroxylation sites is 1. The van der Waals surface area contributed by atoms with Crippen LogP contribution in [0.4, 0.5) is 0 Å². The highest BCUT2D eigenvalue weighted by Gasteiger charge is 2.18. The fraction of sp³-hybridized carbons (Fsp3) is 0.533. The molecule has 1 atom stereocenters. The molecule has 6 heteroatoms. The Balaban J connectivity index is 2.65. The fourth-order valence-electron chi connectivity index (χ4n) is 1.78. The van der Waals surface area contributed by atoms with Crippen molar-refractivity contribution in [3.63, 3.8) is 0 Å². The lowest BCUT2D eigenvalue weighted by atomic mass is 10.2. The summed E-state index contributed by atoms with van der Waals surface area (Å²) in [5, 5.41) is 12.1. The van der Waals surface area contributed by atoms with Crippen LogP contribution in [0.15, 0.2) is 18.2 Å². The Morgan fingerprint density at radius 3 is 2.76 bits per heavy atom. The number of hydrogen-bond donors (Lipinski definition) is 2. The first-order valence-electron chi connectivity index (χ1n) is 6.84. The first-order valence-corrected chi connectivity index (χ1v) is 6.84. The lowest BCUT2D eigenvalue weighted by Gasteiger charge is -2.18. The molecule has 0 radical (unpaired) electrons. The van der Waals surface area contributed by atoms with Gasteiger partial charge in [0.2, 0.25) is 0 Å². The Kier molecular flexibility index (Phi) is 7.56. The molecule has 0 aliphatic heterocycles. The highest BCUT2D eigenvalue weighted by atomic mass is 16.5. The predicted octanol–water partition coefficient (Wildman–Crippen LogP) is 1.11. The molecule has 1 aromatic rings. The topological polar surface area (TPSA) is 77.0 Å². The number of aliphatic hydroxyl groups excluding tert-OH is 1. The third kappa shape index (κ3) is 5.24. The molecule has 1 aromatic carbocycles. The smallest absolute Gasteiger partial charge is 0.260 e. The van der Waals surface area contributed by atoms with Crippen molar-refractivity contribution in [3.8, 4) is 11.5 Å². The van der Waals surface area contributed by atoms with Gasteiger partial charge in [-0.15, -0.1) is 0 Å². The molecular weight excluding hydrogens is 274 g/mol. The number of carbonyl (C=O) groups is 1. The summed E-state index contributed by atoms with van der Waals surface area (Å²) in [4.78, 5) is 11.9. The molecule has 1 amide bonds. The molecule has 0 heterocycles. The van der Waals surface area contributed by atoms with Gasteiger partial charge in [0, 0.05) is 25.8 Å². The molecule has 0 aliphatic carbocycles.